The Morgan fingerprint density at radius 2 is 2.00 bits per heavy atom. The highest BCUT2D eigenvalue weighted by Gasteiger charge is 2.25. The maximum Gasteiger partial charge on any atom is 0.307 e. The van der Waals surface area contributed by atoms with Gasteiger partial charge in [-0.05, 0) is 71.8 Å². The van der Waals surface area contributed by atoms with Gasteiger partial charge in [0.2, 0.25) is 0 Å². The van der Waals surface area contributed by atoms with E-state index in [0.717, 1.165) is 15.7 Å². The predicted octanol–water partition coefficient (Wildman–Crippen LogP) is 6.21. The third kappa shape index (κ3) is 3.55. The number of halogens is 1. The summed E-state index contributed by atoms with van der Waals surface area (Å²) in [6, 6.07) is 15.2. The number of hydrogen-bond donors (Lipinski definition) is 0. The molecular formula is C23H24BrNO2. The van der Waals surface area contributed by atoms with Crippen molar-refractivity contribution in [3.63, 3.8) is 0 Å². The van der Waals surface area contributed by atoms with Gasteiger partial charge in [0.15, 0.2) is 0 Å². The Bertz CT molecular complexity index is 1000. The van der Waals surface area contributed by atoms with E-state index in [-0.39, 0.29) is 5.97 Å². The molecule has 0 radical (unpaired) electrons. The summed E-state index contributed by atoms with van der Waals surface area (Å²) < 4.78 is 8.52. The van der Waals surface area contributed by atoms with Crippen molar-refractivity contribution in [1.82, 2.24) is 4.57 Å². The highest BCUT2D eigenvalue weighted by atomic mass is 79.9. The maximum atomic E-state index is 12.0. The van der Waals surface area contributed by atoms with Crippen LogP contribution in [0.3, 0.4) is 0 Å². The Balaban J connectivity index is 1.85. The van der Waals surface area contributed by atoms with E-state index in [1.807, 2.05) is 6.92 Å². The minimum Gasteiger partial charge on any atom is -0.466 e. The molecule has 1 aliphatic rings. The van der Waals surface area contributed by atoms with Gasteiger partial charge in [-0.1, -0.05) is 30.3 Å². The van der Waals surface area contributed by atoms with E-state index in [2.05, 4.69) is 69.9 Å². The van der Waals surface area contributed by atoms with Crippen molar-refractivity contribution < 1.29 is 9.53 Å². The third-order valence-electron chi connectivity index (χ3n) is 5.32. The molecule has 1 aromatic heterocycles. The van der Waals surface area contributed by atoms with Crippen molar-refractivity contribution in [3.05, 3.63) is 58.1 Å². The van der Waals surface area contributed by atoms with Crippen molar-refractivity contribution in [2.24, 2.45) is 0 Å². The fraction of sp³-hybridized carbons (Fsp3) is 0.348. The number of rotatable bonds is 6. The summed E-state index contributed by atoms with van der Waals surface area (Å²) in [6.45, 7) is 5.00. The Labute approximate surface area is 168 Å². The summed E-state index contributed by atoms with van der Waals surface area (Å²) in [7, 11) is 0. The van der Waals surface area contributed by atoms with Gasteiger partial charge in [0.1, 0.15) is 0 Å². The van der Waals surface area contributed by atoms with E-state index >= 15 is 0 Å². The van der Waals surface area contributed by atoms with Crippen LogP contribution in [0.25, 0.3) is 22.2 Å². The minimum absolute atomic E-state index is 0.152. The second kappa shape index (κ2) is 7.51. The molecule has 0 atom stereocenters. The van der Waals surface area contributed by atoms with Crippen molar-refractivity contribution >= 4 is 32.8 Å². The molecular weight excluding hydrogens is 402 g/mol. The molecule has 3 nitrogen and oxygen atoms in total. The summed E-state index contributed by atoms with van der Waals surface area (Å²) in [5, 5.41) is 1.22. The number of fused-ring (bicyclic) bond motifs is 1. The normalized spacial score (nSPS) is 13.9. The molecule has 140 valence electrons. The quantitative estimate of drug-likeness (QED) is 0.439. The first-order valence-electron chi connectivity index (χ1n) is 9.63. The lowest BCUT2D eigenvalue weighted by Gasteiger charge is -2.13. The van der Waals surface area contributed by atoms with Gasteiger partial charge in [-0.3, -0.25) is 4.79 Å². The van der Waals surface area contributed by atoms with Gasteiger partial charge in [0, 0.05) is 23.0 Å². The smallest absolute Gasteiger partial charge is 0.307 e. The molecule has 0 spiro atoms. The molecule has 0 N–H and O–H groups in total. The van der Waals surface area contributed by atoms with Crippen LogP contribution in [0.1, 0.15) is 43.2 Å². The molecule has 0 bridgehead atoms. The van der Waals surface area contributed by atoms with Crippen molar-refractivity contribution in [1.29, 1.82) is 0 Å². The van der Waals surface area contributed by atoms with E-state index < -0.39 is 0 Å². The number of ether oxygens (including phenoxy) is 1. The third-order valence-corrected chi connectivity index (χ3v) is 6.12. The topological polar surface area (TPSA) is 31.2 Å². The van der Waals surface area contributed by atoms with E-state index in [1.165, 1.54) is 34.9 Å². The van der Waals surface area contributed by atoms with E-state index in [4.69, 9.17) is 4.74 Å². The van der Waals surface area contributed by atoms with Crippen molar-refractivity contribution in [3.8, 4) is 11.3 Å². The predicted molar refractivity (Wildman–Crippen MR) is 113 cm³/mol. The molecule has 1 heterocycles. The van der Waals surface area contributed by atoms with Crippen LogP contribution in [0.4, 0.5) is 0 Å². The van der Waals surface area contributed by atoms with Crippen LogP contribution in [0.5, 0.6) is 0 Å². The lowest BCUT2D eigenvalue weighted by Crippen LogP contribution is -2.10. The largest absolute Gasteiger partial charge is 0.466 e. The number of nitrogens with zero attached hydrogens (tertiary/aromatic N) is 1. The molecule has 0 amide bonds. The first kappa shape index (κ1) is 18.3. The summed E-state index contributed by atoms with van der Waals surface area (Å²) in [4.78, 5) is 12.0. The summed E-state index contributed by atoms with van der Waals surface area (Å²) >= 11 is 3.88. The fourth-order valence-corrected chi connectivity index (χ4v) is 4.52. The van der Waals surface area contributed by atoms with Gasteiger partial charge < -0.3 is 9.30 Å². The molecule has 0 unspecified atom stereocenters. The highest BCUT2D eigenvalue weighted by molar-refractivity contribution is 9.10. The number of carbonyl (C=O) groups is 1. The van der Waals surface area contributed by atoms with Gasteiger partial charge in [0.05, 0.1) is 23.2 Å². The second-order valence-electron chi connectivity index (χ2n) is 7.24. The van der Waals surface area contributed by atoms with Crippen molar-refractivity contribution in [2.75, 3.05) is 6.61 Å². The average Bonchev–Trinajstić information content (AvgIpc) is 3.47. The van der Waals surface area contributed by atoms with Crippen LogP contribution in [0.15, 0.2) is 46.9 Å². The molecule has 0 saturated heterocycles. The molecule has 4 heteroatoms. The van der Waals surface area contributed by atoms with Gasteiger partial charge in [-0.2, -0.15) is 0 Å². The van der Waals surface area contributed by atoms with Gasteiger partial charge in [-0.25, -0.2) is 0 Å². The molecule has 27 heavy (non-hydrogen) atoms. The SMILES string of the molecule is CCOC(=O)CCn1c(-c2ccccc2C)c(Br)c2cc(C3CC3)ccc21. The first-order chi connectivity index (χ1) is 13.1. The Morgan fingerprint density at radius 3 is 2.70 bits per heavy atom. The second-order valence-corrected chi connectivity index (χ2v) is 8.03. The van der Waals surface area contributed by atoms with Crippen LogP contribution < -0.4 is 0 Å². The number of esters is 1. The standard InChI is InChI=1S/C23H24BrNO2/c1-3-27-21(26)12-13-25-20-11-10-17(16-8-9-16)14-19(20)22(24)23(25)18-7-5-4-6-15(18)2/h4-7,10-11,14,16H,3,8-9,12-13H2,1-2H3. The molecule has 0 aliphatic heterocycles. The average molecular weight is 426 g/mol. The number of aromatic nitrogens is 1. The fourth-order valence-electron chi connectivity index (χ4n) is 3.77. The molecule has 3 aromatic rings. The summed E-state index contributed by atoms with van der Waals surface area (Å²) in [6.07, 6.45) is 2.95. The van der Waals surface area contributed by atoms with Crippen molar-refractivity contribution in [2.45, 2.75) is 45.6 Å². The van der Waals surface area contributed by atoms with Crippen LogP contribution in [-0.4, -0.2) is 17.1 Å². The van der Waals surface area contributed by atoms with Crippen LogP contribution in [-0.2, 0) is 16.1 Å². The van der Waals surface area contributed by atoms with Crippen LogP contribution in [0.2, 0.25) is 0 Å². The first-order valence-corrected chi connectivity index (χ1v) is 10.4. The molecule has 2 aromatic carbocycles. The van der Waals surface area contributed by atoms with Gasteiger partial charge >= 0.3 is 5.97 Å². The molecule has 1 fully saturated rings. The van der Waals surface area contributed by atoms with E-state index in [9.17, 15) is 4.79 Å². The van der Waals surface area contributed by atoms with Gasteiger partial charge in [-0.15, -0.1) is 0 Å². The van der Waals surface area contributed by atoms with E-state index in [1.54, 1.807) is 0 Å². The maximum absolute atomic E-state index is 12.0. The number of hydrogen-bond acceptors (Lipinski definition) is 2. The zero-order chi connectivity index (χ0) is 19.0. The highest BCUT2D eigenvalue weighted by Crippen LogP contribution is 2.44. The van der Waals surface area contributed by atoms with Gasteiger partial charge in [0.25, 0.3) is 0 Å². The molecule has 1 aliphatic carbocycles. The number of benzene rings is 2. The van der Waals surface area contributed by atoms with Crippen LogP contribution >= 0.6 is 15.9 Å². The summed E-state index contributed by atoms with van der Waals surface area (Å²) in [5.74, 6) is 0.562. The number of carbonyl (C=O) groups excluding carboxylic acids is 1. The molecule has 1 saturated carbocycles. The lowest BCUT2D eigenvalue weighted by atomic mass is 10.1. The molecule has 4 rings (SSSR count). The summed E-state index contributed by atoms with van der Waals surface area (Å²) in [5.41, 5.74) is 6.13. The van der Waals surface area contributed by atoms with Crippen LogP contribution in [0, 0.1) is 6.92 Å². The van der Waals surface area contributed by atoms with E-state index in [0.29, 0.717) is 25.5 Å². The zero-order valence-corrected chi connectivity index (χ0v) is 17.4. The Kier molecular flexibility index (Phi) is 5.09. The Hall–Kier alpha value is -2.07. The lowest BCUT2D eigenvalue weighted by molar-refractivity contribution is -0.143. The number of aryl methyl sites for hydroxylation is 2. The zero-order valence-electron chi connectivity index (χ0n) is 15.8. The minimum atomic E-state index is -0.152. The Morgan fingerprint density at radius 1 is 1.22 bits per heavy atom. The monoisotopic (exact) mass is 425 g/mol.